The lowest BCUT2D eigenvalue weighted by Crippen LogP contribution is -2.26. The van der Waals surface area contributed by atoms with Gasteiger partial charge in [0, 0.05) is 6.54 Å². The summed E-state index contributed by atoms with van der Waals surface area (Å²) in [6.07, 6.45) is 1.76. The molecule has 0 aliphatic heterocycles. The molecule has 144 valence electrons. The van der Waals surface area contributed by atoms with Crippen LogP contribution >= 0.6 is 0 Å². The quantitative estimate of drug-likeness (QED) is 0.538. The number of aryl methyl sites for hydroxylation is 1. The summed E-state index contributed by atoms with van der Waals surface area (Å²) >= 11 is 0. The molecule has 2 aromatic carbocycles. The highest BCUT2D eigenvalue weighted by Gasteiger charge is 2.13. The molecule has 2 aromatic rings. The van der Waals surface area contributed by atoms with Crippen LogP contribution in [0.5, 0.6) is 11.5 Å². The van der Waals surface area contributed by atoms with E-state index in [1.54, 1.807) is 26.4 Å². The molecule has 0 bridgehead atoms. The van der Waals surface area contributed by atoms with E-state index in [0.717, 1.165) is 17.4 Å². The van der Waals surface area contributed by atoms with Gasteiger partial charge in [-0.15, -0.1) is 0 Å². The van der Waals surface area contributed by atoms with Crippen LogP contribution in [0.1, 0.15) is 16.7 Å². The predicted octanol–water partition coefficient (Wildman–Crippen LogP) is 3.66. The third-order valence-corrected chi connectivity index (χ3v) is 4.02. The van der Waals surface area contributed by atoms with Crippen molar-refractivity contribution in [1.29, 1.82) is 0 Å². The zero-order valence-corrected chi connectivity index (χ0v) is 15.8. The number of carbonyl (C=O) groups is 1. The number of ether oxygens (including phenoxy) is 3. The Morgan fingerprint density at radius 3 is 2.41 bits per heavy atom. The molecule has 0 saturated heterocycles. The SMILES string of the molecule is COc1ccc(CCNC(=O)/C(=C\OCF)c2ccc(C)cc2)cc1OC. The zero-order valence-electron chi connectivity index (χ0n) is 15.8. The van der Waals surface area contributed by atoms with Gasteiger partial charge in [-0.25, -0.2) is 4.39 Å². The van der Waals surface area contributed by atoms with Crippen molar-refractivity contribution in [3.05, 3.63) is 65.4 Å². The van der Waals surface area contributed by atoms with E-state index < -0.39 is 6.86 Å². The number of methoxy groups -OCH3 is 2. The molecular formula is C21H24FNO4. The van der Waals surface area contributed by atoms with Crippen molar-refractivity contribution >= 4 is 11.5 Å². The van der Waals surface area contributed by atoms with Crippen LogP contribution in [0.3, 0.4) is 0 Å². The van der Waals surface area contributed by atoms with Gasteiger partial charge in [-0.05, 0) is 36.6 Å². The average Bonchev–Trinajstić information content (AvgIpc) is 2.69. The predicted molar refractivity (Wildman–Crippen MR) is 102 cm³/mol. The standard InChI is InChI=1S/C21H24FNO4/c1-15-4-7-17(8-5-15)18(13-27-14-22)21(24)23-11-10-16-6-9-19(25-2)20(12-16)26-3/h4-9,12-13H,10-11,14H2,1-3H3,(H,23,24)/b18-13-. The van der Waals surface area contributed by atoms with Gasteiger partial charge in [0.25, 0.3) is 5.91 Å². The molecule has 2 rings (SSSR count). The maximum absolute atomic E-state index is 12.5. The van der Waals surface area contributed by atoms with E-state index in [1.165, 1.54) is 0 Å². The van der Waals surface area contributed by atoms with Crippen molar-refractivity contribution < 1.29 is 23.4 Å². The largest absolute Gasteiger partial charge is 0.493 e. The fourth-order valence-electron chi connectivity index (χ4n) is 2.55. The van der Waals surface area contributed by atoms with Crippen molar-refractivity contribution in [1.82, 2.24) is 5.32 Å². The third-order valence-electron chi connectivity index (χ3n) is 4.02. The summed E-state index contributed by atoms with van der Waals surface area (Å²) in [7, 11) is 3.16. The molecule has 5 nitrogen and oxygen atoms in total. The lowest BCUT2D eigenvalue weighted by Gasteiger charge is -2.11. The third kappa shape index (κ3) is 5.74. The van der Waals surface area contributed by atoms with Gasteiger partial charge in [0.2, 0.25) is 6.86 Å². The maximum atomic E-state index is 12.5. The Bertz CT molecular complexity index is 787. The van der Waals surface area contributed by atoms with Crippen LogP contribution in [0.2, 0.25) is 0 Å². The summed E-state index contributed by atoms with van der Waals surface area (Å²) in [5, 5.41) is 2.84. The van der Waals surface area contributed by atoms with Crippen LogP contribution in [0.4, 0.5) is 4.39 Å². The minimum Gasteiger partial charge on any atom is -0.493 e. The number of hydrogen-bond donors (Lipinski definition) is 1. The summed E-state index contributed by atoms with van der Waals surface area (Å²) in [5.74, 6) is 0.962. The summed E-state index contributed by atoms with van der Waals surface area (Å²) in [4.78, 5) is 12.5. The first-order valence-corrected chi connectivity index (χ1v) is 8.53. The molecule has 0 unspecified atom stereocenters. The minimum absolute atomic E-state index is 0.278. The second kappa shape index (κ2) is 10.2. The highest BCUT2D eigenvalue weighted by Crippen LogP contribution is 2.27. The molecule has 1 N–H and O–H groups in total. The molecule has 27 heavy (non-hydrogen) atoms. The second-order valence-electron chi connectivity index (χ2n) is 5.87. The monoisotopic (exact) mass is 373 g/mol. The molecule has 0 aromatic heterocycles. The Kier molecular flexibility index (Phi) is 7.67. The van der Waals surface area contributed by atoms with Gasteiger partial charge in [-0.1, -0.05) is 35.9 Å². The Morgan fingerprint density at radius 2 is 1.78 bits per heavy atom. The number of nitrogens with one attached hydrogen (secondary N) is 1. The Labute approximate surface area is 158 Å². The number of alkyl halides is 1. The van der Waals surface area contributed by atoms with Gasteiger partial charge < -0.3 is 19.5 Å². The number of amides is 1. The summed E-state index contributed by atoms with van der Waals surface area (Å²) in [6.45, 7) is 1.37. The molecule has 0 fully saturated rings. The van der Waals surface area contributed by atoms with Crippen molar-refractivity contribution in [3.63, 3.8) is 0 Å². The Hall–Kier alpha value is -3.02. The molecule has 0 saturated carbocycles. The van der Waals surface area contributed by atoms with E-state index in [4.69, 9.17) is 14.2 Å². The van der Waals surface area contributed by atoms with Crippen molar-refractivity contribution in [2.75, 3.05) is 27.6 Å². The van der Waals surface area contributed by atoms with Gasteiger partial charge in [0.15, 0.2) is 11.5 Å². The molecule has 0 heterocycles. The van der Waals surface area contributed by atoms with Gasteiger partial charge in [0.1, 0.15) is 0 Å². The van der Waals surface area contributed by atoms with E-state index in [0.29, 0.717) is 30.0 Å². The normalized spacial score (nSPS) is 11.0. The van der Waals surface area contributed by atoms with Crippen LogP contribution in [0.15, 0.2) is 48.7 Å². The van der Waals surface area contributed by atoms with Crippen LogP contribution in [-0.4, -0.2) is 33.5 Å². The van der Waals surface area contributed by atoms with Crippen LogP contribution < -0.4 is 14.8 Å². The Morgan fingerprint density at radius 1 is 1.07 bits per heavy atom. The fraction of sp³-hybridized carbons (Fsp3) is 0.286. The van der Waals surface area contributed by atoms with E-state index >= 15 is 0 Å². The minimum atomic E-state index is -0.992. The first-order valence-electron chi connectivity index (χ1n) is 8.53. The van der Waals surface area contributed by atoms with E-state index in [1.807, 2.05) is 37.3 Å². The highest BCUT2D eigenvalue weighted by molar-refractivity contribution is 6.19. The molecule has 6 heteroatoms. The molecular weight excluding hydrogens is 349 g/mol. The number of hydrogen-bond acceptors (Lipinski definition) is 4. The van der Waals surface area contributed by atoms with Crippen molar-refractivity contribution in [2.45, 2.75) is 13.3 Å². The summed E-state index contributed by atoms with van der Waals surface area (Å²) < 4.78 is 27.6. The van der Waals surface area contributed by atoms with E-state index in [2.05, 4.69) is 5.32 Å². The fourth-order valence-corrected chi connectivity index (χ4v) is 2.55. The zero-order chi connectivity index (χ0) is 19.6. The van der Waals surface area contributed by atoms with Gasteiger partial charge >= 0.3 is 0 Å². The smallest absolute Gasteiger partial charge is 0.255 e. The van der Waals surface area contributed by atoms with E-state index in [-0.39, 0.29) is 11.5 Å². The first kappa shape index (κ1) is 20.3. The molecule has 0 radical (unpaired) electrons. The number of benzene rings is 2. The van der Waals surface area contributed by atoms with Crippen LogP contribution in [0.25, 0.3) is 5.57 Å². The van der Waals surface area contributed by atoms with E-state index in [9.17, 15) is 9.18 Å². The topological polar surface area (TPSA) is 56.8 Å². The highest BCUT2D eigenvalue weighted by atomic mass is 19.1. The molecule has 0 aliphatic rings. The van der Waals surface area contributed by atoms with Crippen LogP contribution in [-0.2, 0) is 16.0 Å². The van der Waals surface area contributed by atoms with Gasteiger partial charge in [0.05, 0.1) is 26.1 Å². The number of carbonyl (C=O) groups excluding carboxylic acids is 1. The van der Waals surface area contributed by atoms with Gasteiger partial charge in [-0.3, -0.25) is 4.79 Å². The Balaban J connectivity index is 2.02. The molecule has 0 spiro atoms. The molecule has 0 atom stereocenters. The summed E-state index contributed by atoms with van der Waals surface area (Å²) in [6, 6.07) is 13.0. The van der Waals surface area contributed by atoms with Crippen LogP contribution in [0, 0.1) is 6.92 Å². The lowest BCUT2D eigenvalue weighted by atomic mass is 10.0. The second-order valence-corrected chi connectivity index (χ2v) is 5.87. The van der Waals surface area contributed by atoms with Crippen molar-refractivity contribution in [3.8, 4) is 11.5 Å². The average molecular weight is 373 g/mol. The number of halogens is 1. The lowest BCUT2D eigenvalue weighted by molar-refractivity contribution is -0.115. The maximum Gasteiger partial charge on any atom is 0.255 e. The molecule has 1 amide bonds. The first-order chi connectivity index (χ1) is 13.1. The van der Waals surface area contributed by atoms with Gasteiger partial charge in [-0.2, -0.15) is 0 Å². The summed E-state index contributed by atoms with van der Waals surface area (Å²) in [5.41, 5.74) is 3.00. The number of rotatable bonds is 9. The molecule has 0 aliphatic carbocycles. The van der Waals surface area contributed by atoms with Crippen molar-refractivity contribution in [2.24, 2.45) is 0 Å².